The number of ether oxygens (including phenoxy) is 1. The Morgan fingerprint density at radius 3 is 2.82 bits per heavy atom. The largest absolute Gasteiger partial charge is 0.508 e. The van der Waals surface area contributed by atoms with Gasteiger partial charge in [-0.05, 0) is 31.5 Å². The predicted octanol–water partition coefficient (Wildman–Crippen LogP) is 1.84. The molecule has 7 heteroatoms. The molecule has 0 saturated carbocycles. The minimum Gasteiger partial charge on any atom is -0.508 e. The number of aromatic nitrogens is 3. The highest BCUT2D eigenvalue weighted by atomic mass is 16.5. The summed E-state index contributed by atoms with van der Waals surface area (Å²) in [6, 6.07) is 6.21. The van der Waals surface area contributed by atoms with Crippen LogP contribution in [0.3, 0.4) is 0 Å². The van der Waals surface area contributed by atoms with Crippen LogP contribution in [0.15, 0.2) is 41.9 Å². The Balaban J connectivity index is 2.13. The first-order valence-corrected chi connectivity index (χ1v) is 6.95. The smallest absolute Gasteiger partial charge is 0.338 e. The lowest BCUT2D eigenvalue weighted by molar-refractivity contribution is -0.139. The van der Waals surface area contributed by atoms with Gasteiger partial charge in [0.2, 0.25) is 5.95 Å². The van der Waals surface area contributed by atoms with E-state index in [1.54, 1.807) is 42.8 Å². The van der Waals surface area contributed by atoms with Crippen LogP contribution in [0, 0.1) is 0 Å². The van der Waals surface area contributed by atoms with Gasteiger partial charge in [-0.2, -0.15) is 10.1 Å². The van der Waals surface area contributed by atoms with Crippen molar-refractivity contribution in [2.24, 2.45) is 0 Å². The molecule has 0 saturated heterocycles. The summed E-state index contributed by atoms with van der Waals surface area (Å²) in [5.74, 6) is 0.324. The number of hydrogen-bond donors (Lipinski definition) is 2. The van der Waals surface area contributed by atoms with Gasteiger partial charge in [0.1, 0.15) is 18.1 Å². The van der Waals surface area contributed by atoms with Crippen molar-refractivity contribution in [3.63, 3.8) is 0 Å². The molecule has 0 amide bonds. The van der Waals surface area contributed by atoms with Crippen LogP contribution in [0.25, 0.3) is 0 Å². The van der Waals surface area contributed by atoms with E-state index in [4.69, 9.17) is 4.74 Å². The zero-order valence-corrected chi connectivity index (χ0v) is 12.3. The van der Waals surface area contributed by atoms with Gasteiger partial charge in [-0.15, -0.1) is 0 Å². The van der Waals surface area contributed by atoms with Crippen molar-refractivity contribution in [3.8, 4) is 5.75 Å². The lowest BCUT2D eigenvalue weighted by atomic mass is 9.96. The SMILES string of the molecule is CCOC(=O)C1=C(C)Nc2ncnn2C1c1ccc(O)cc1. The Hall–Kier alpha value is -2.83. The number of fused-ring (bicyclic) bond motifs is 1. The molecule has 2 aromatic rings. The van der Waals surface area contributed by atoms with E-state index in [1.807, 2.05) is 0 Å². The zero-order chi connectivity index (χ0) is 15.7. The number of carbonyl (C=O) groups is 1. The van der Waals surface area contributed by atoms with Gasteiger partial charge in [0.05, 0.1) is 12.2 Å². The number of carbonyl (C=O) groups excluding carboxylic acids is 1. The number of hydrogen-bond acceptors (Lipinski definition) is 6. The minimum absolute atomic E-state index is 0.162. The van der Waals surface area contributed by atoms with E-state index in [0.29, 0.717) is 23.8 Å². The zero-order valence-electron chi connectivity index (χ0n) is 12.3. The van der Waals surface area contributed by atoms with Gasteiger partial charge < -0.3 is 15.2 Å². The number of aromatic hydroxyl groups is 1. The minimum atomic E-state index is -0.446. The number of phenols is 1. The molecule has 0 spiro atoms. The molecule has 1 aliphatic rings. The van der Waals surface area contributed by atoms with Crippen molar-refractivity contribution in [3.05, 3.63) is 47.4 Å². The Morgan fingerprint density at radius 1 is 1.41 bits per heavy atom. The summed E-state index contributed by atoms with van der Waals surface area (Å²) in [4.78, 5) is 16.5. The molecule has 1 aliphatic heterocycles. The Morgan fingerprint density at radius 2 is 2.14 bits per heavy atom. The first-order valence-electron chi connectivity index (χ1n) is 6.95. The molecule has 0 fully saturated rings. The third kappa shape index (κ3) is 2.30. The average Bonchev–Trinajstić information content (AvgIpc) is 2.94. The molecule has 22 heavy (non-hydrogen) atoms. The van der Waals surface area contributed by atoms with Crippen molar-refractivity contribution in [1.29, 1.82) is 0 Å². The Bertz CT molecular complexity index is 734. The van der Waals surface area contributed by atoms with Gasteiger partial charge >= 0.3 is 5.97 Å². The molecule has 1 aromatic heterocycles. The lowest BCUT2D eigenvalue weighted by Gasteiger charge is -2.28. The maximum Gasteiger partial charge on any atom is 0.338 e. The number of nitrogens with one attached hydrogen (secondary N) is 1. The van der Waals surface area contributed by atoms with Gasteiger partial charge in [-0.3, -0.25) is 0 Å². The summed E-state index contributed by atoms with van der Waals surface area (Å²) in [6.45, 7) is 3.86. The number of esters is 1. The molecule has 1 unspecified atom stereocenters. The van der Waals surface area contributed by atoms with E-state index in [-0.39, 0.29) is 5.75 Å². The molecule has 0 bridgehead atoms. The fourth-order valence-electron chi connectivity index (χ4n) is 2.53. The topological polar surface area (TPSA) is 89.3 Å². The van der Waals surface area contributed by atoms with Crippen molar-refractivity contribution in [2.45, 2.75) is 19.9 Å². The molecule has 7 nitrogen and oxygen atoms in total. The number of benzene rings is 1. The van der Waals surface area contributed by atoms with Crippen molar-refractivity contribution >= 4 is 11.9 Å². The van der Waals surface area contributed by atoms with Gasteiger partial charge in [-0.25, -0.2) is 9.48 Å². The van der Waals surface area contributed by atoms with Crippen LogP contribution >= 0.6 is 0 Å². The summed E-state index contributed by atoms with van der Waals surface area (Å²) < 4.78 is 6.80. The van der Waals surface area contributed by atoms with Crippen LogP contribution < -0.4 is 5.32 Å². The molecular weight excluding hydrogens is 284 g/mol. The first kappa shape index (κ1) is 14.1. The quantitative estimate of drug-likeness (QED) is 0.841. The molecule has 0 radical (unpaired) electrons. The second kappa shape index (κ2) is 5.51. The number of nitrogens with zero attached hydrogens (tertiary/aromatic N) is 3. The first-order chi connectivity index (χ1) is 10.6. The summed E-state index contributed by atoms with van der Waals surface area (Å²) in [5, 5.41) is 16.7. The van der Waals surface area contributed by atoms with Gasteiger partial charge in [0, 0.05) is 5.70 Å². The Labute approximate surface area is 127 Å². The van der Waals surface area contributed by atoms with Crippen LogP contribution in [0.2, 0.25) is 0 Å². The molecule has 0 aliphatic carbocycles. The number of anilines is 1. The van der Waals surface area contributed by atoms with Gasteiger partial charge in [0.15, 0.2) is 0 Å². The summed E-state index contributed by atoms with van der Waals surface area (Å²) in [7, 11) is 0. The highest BCUT2D eigenvalue weighted by molar-refractivity contribution is 5.92. The molecule has 2 heterocycles. The van der Waals surface area contributed by atoms with Crippen molar-refractivity contribution < 1.29 is 14.6 Å². The van der Waals surface area contributed by atoms with Crippen LogP contribution in [-0.2, 0) is 9.53 Å². The second-order valence-electron chi connectivity index (χ2n) is 4.91. The van der Waals surface area contributed by atoms with E-state index in [1.165, 1.54) is 6.33 Å². The molecule has 114 valence electrons. The fourth-order valence-corrected chi connectivity index (χ4v) is 2.53. The Kier molecular flexibility index (Phi) is 3.54. The molecule has 1 atom stereocenters. The van der Waals surface area contributed by atoms with E-state index in [2.05, 4.69) is 15.4 Å². The standard InChI is InChI=1S/C15H16N4O3/c1-3-22-14(21)12-9(2)18-15-16-8-17-19(15)13(12)10-4-6-11(20)7-5-10/h4-8,13,20H,3H2,1-2H3,(H,16,17,18). The van der Waals surface area contributed by atoms with Crippen LogP contribution in [0.1, 0.15) is 25.5 Å². The van der Waals surface area contributed by atoms with Crippen molar-refractivity contribution in [1.82, 2.24) is 14.8 Å². The predicted molar refractivity (Wildman–Crippen MR) is 79.2 cm³/mol. The van der Waals surface area contributed by atoms with Gasteiger partial charge in [0.25, 0.3) is 0 Å². The van der Waals surface area contributed by atoms with Crippen LogP contribution in [0.5, 0.6) is 5.75 Å². The maximum absolute atomic E-state index is 12.4. The number of phenolic OH excluding ortho intramolecular Hbond substituents is 1. The number of allylic oxidation sites excluding steroid dienone is 1. The van der Waals surface area contributed by atoms with Gasteiger partial charge in [-0.1, -0.05) is 12.1 Å². The maximum atomic E-state index is 12.4. The van der Waals surface area contributed by atoms with E-state index >= 15 is 0 Å². The molecular formula is C15H16N4O3. The summed E-state index contributed by atoms with van der Waals surface area (Å²) in [5.41, 5.74) is 1.97. The summed E-state index contributed by atoms with van der Waals surface area (Å²) in [6.07, 6.45) is 1.43. The monoisotopic (exact) mass is 300 g/mol. The highest BCUT2D eigenvalue weighted by Crippen LogP contribution is 2.35. The van der Waals surface area contributed by atoms with E-state index < -0.39 is 12.0 Å². The van der Waals surface area contributed by atoms with Crippen LogP contribution in [-0.4, -0.2) is 32.4 Å². The average molecular weight is 300 g/mol. The molecule has 1 aromatic carbocycles. The highest BCUT2D eigenvalue weighted by Gasteiger charge is 2.34. The van der Waals surface area contributed by atoms with Crippen LogP contribution in [0.4, 0.5) is 5.95 Å². The normalized spacial score (nSPS) is 16.9. The second-order valence-corrected chi connectivity index (χ2v) is 4.91. The third-order valence-electron chi connectivity index (χ3n) is 3.50. The molecule has 2 N–H and O–H groups in total. The fraction of sp³-hybridized carbons (Fsp3) is 0.267. The summed E-state index contributed by atoms with van der Waals surface area (Å²) >= 11 is 0. The molecule has 3 rings (SSSR count). The lowest BCUT2D eigenvalue weighted by Crippen LogP contribution is -2.29. The van der Waals surface area contributed by atoms with E-state index in [0.717, 1.165) is 5.56 Å². The third-order valence-corrected chi connectivity index (χ3v) is 3.50. The van der Waals surface area contributed by atoms with E-state index in [9.17, 15) is 9.90 Å². The number of rotatable bonds is 3. The van der Waals surface area contributed by atoms with Crippen molar-refractivity contribution in [2.75, 3.05) is 11.9 Å².